The molecule has 1 aliphatic rings. The Balaban J connectivity index is 1.43. The summed E-state index contributed by atoms with van der Waals surface area (Å²) in [4.78, 5) is 23.2. The van der Waals surface area contributed by atoms with E-state index in [1.54, 1.807) is 0 Å². The molecule has 2 aromatic heterocycles. The van der Waals surface area contributed by atoms with Crippen molar-refractivity contribution in [1.29, 1.82) is 0 Å². The number of nitrogens with one attached hydrogen (secondary N) is 1. The number of H-pyrrole nitrogens is 1. The minimum absolute atomic E-state index is 0.116. The van der Waals surface area contributed by atoms with Crippen LogP contribution in [0.15, 0.2) is 53.7 Å². The fourth-order valence-corrected chi connectivity index (χ4v) is 4.81. The van der Waals surface area contributed by atoms with Gasteiger partial charge in [-0.15, -0.1) is 10.2 Å². The van der Waals surface area contributed by atoms with Crippen LogP contribution < -0.4 is 4.90 Å². The number of rotatable bonds is 4. The molecule has 5 rings (SSSR count). The maximum Gasteiger partial charge on any atom is 0.240 e. The van der Waals surface area contributed by atoms with Crippen LogP contribution in [-0.4, -0.2) is 37.9 Å². The molecule has 0 saturated carbocycles. The number of fused-ring (bicyclic) bond motifs is 4. The van der Waals surface area contributed by atoms with Crippen LogP contribution in [0, 0.1) is 0 Å². The monoisotopic (exact) mass is 403 g/mol. The van der Waals surface area contributed by atoms with Crippen molar-refractivity contribution in [2.24, 2.45) is 0 Å². The van der Waals surface area contributed by atoms with E-state index in [9.17, 15) is 4.79 Å². The third kappa shape index (κ3) is 3.25. The summed E-state index contributed by atoms with van der Waals surface area (Å²) in [5, 5.41) is 9.96. The Hall–Kier alpha value is -2.93. The van der Waals surface area contributed by atoms with E-state index in [1.165, 1.54) is 17.3 Å². The highest BCUT2D eigenvalue weighted by Crippen LogP contribution is 2.32. The maximum absolute atomic E-state index is 13.3. The van der Waals surface area contributed by atoms with E-state index in [2.05, 4.69) is 26.2 Å². The van der Waals surface area contributed by atoms with Crippen molar-refractivity contribution in [2.45, 2.75) is 36.6 Å². The molecule has 1 aliphatic heterocycles. The van der Waals surface area contributed by atoms with Crippen molar-refractivity contribution in [3.05, 3.63) is 54.1 Å². The first-order chi connectivity index (χ1) is 14.2. The molecule has 6 nitrogen and oxygen atoms in total. The minimum atomic E-state index is -0.246. The number of thioether (sulfide) groups is 1. The number of hydrogen-bond donors (Lipinski definition) is 1. The fraction of sp³-hybridized carbons (Fsp3) is 0.273. The highest BCUT2D eigenvalue weighted by molar-refractivity contribution is 8.00. The molecule has 2 aromatic carbocycles. The van der Waals surface area contributed by atoms with Gasteiger partial charge < -0.3 is 9.88 Å². The molecular formula is C22H21N5OS. The first-order valence-corrected chi connectivity index (χ1v) is 10.8. The third-order valence-corrected chi connectivity index (χ3v) is 6.58. The summed E-state index contributed by atoms with van der Waals surface area (Å²) in [6, 6.07) is 16.1. The van der Waals surface area contributed by atoms with Crippen molar-refractivity contribution in [3.63, 3.8) is 0 Å². The van der Waals surface area contributed by atoms with Crippen LogP contribution in [-0.2, 0) is 11.2 Å². The van der Waals surface area contributed by atoms with Gasteiger partial charge in [-0.1, -0.05) is 55.1 Å². The Bertz CT molecular complexity index is 1200. The van der Waals surface area contributed by atoms with Crippen LogP contribution in [0.2, 0.25) is 0 Å². The summed E-state index contributed by atoms with van der Waals surface area (Å²) in [6.45, 7) is 2.79. The highest BCUT2D eigenvalue weighted by Gasteiger charge is 2.29. The molecular weight excluding hydrogens is 382 g/mol. The predicted octanol–water partition coefficient (Wildman–Crippen LogP) is 4.36. The van der Waals surface area contributed by atoms with Crippen LogP contribution in [0.25, 0.3) is 22.1 Å². The molecule has 4 aromatic rings. The molecule has 7 heteroatoms. The van der Waals surface area contributed by atoms with Crippen molar-refractivity contribution in [1.82, 2.24) is 20.2 Å². The summed E-state index contributed by atoms with van der Waals surface area (Å²) >= 11 is 1.39. The van der Waals surface area contributed by atoms with Gasteiger partial charge in [0.15, 0.2) is 5.65 Å². The lowest BCUT2D eigenvalue weighted by molar-refractivity contribution is -0.118. The number of hydrogen-bond acceptors (Lipinski definition) is 5. The van der Waals surface area contributed by atoms with Gasteiger partial charge in [0, 0.05) is 23.1 Å². The smallest absolute Gasteiger partial charge is 0.240 e. The van der Waals surface area contributed by atoms with Crippen LogP contribution >= 0.6 is 11.8 Å². The number of aryl methyl sites for hydroxylation is 1. The van der Waals surface area contributed by atoms with E-state index in [0.29, 0.717) is 17.2 Å². The SMILES string of the molecule is CCC(Sc1nnc2c(n1)[nH]c1ccccc12)C(=O)N1CCCc2ccccc21. The van der Waals surface area contributed by atoms with E-state index in [4.69, 9.17) is 0 Å². The molecule has 0 saturated heterocycles. The second-order valence-electron chi connectivity index (χ2n) is 7.20. The average molecular weight is 404 g/mol. The molecule has 146 valence electrons. The number of para-hydroxylation sites is 2. The molecule has 29 heavy (non-hydrogen) atoms. The van der Waals surface area contributed by atoms with Crippen molar-refractivity contribution in [3.8, 4) is 0 Å². The number of carbonyl (C=O) groups is 1. The zero-order valence-electron chi connectivity index (χ0n) is 16.1. The van der Waals surface area contributed by atoms with Gasteiger partial charge >= 0.3 is 0 Å². The number of aromatic amines is 1. The lowest BCUT2D eigenvalue weighted by Crippen LogP contribution is -2.40. The van der Waals surface area contributed by atoms with Gasteiger partial charge in [-0.3, -0.25) is 4.79 Å². The third-order valence-electron chi connectivity index (χ3n) is 5.37. The summed E-state index contributed by atoms with van der Waals surface area (Å²) in [6.07, 6.45) is 2.72. The Kier molecular flexibility index (Phi) is 4.67. The largest absolute Gasteiger partial charge is 0.338 e. The van der Waals surface area contributed by atoms with E-state index in [-0.39, 0.29) is 11.2 Å². The zero-order chi connectivity index (χ0) is 19.8. The number of anilines is 1. The van der Waals surface area contributed by atoms with Crippen LogP contribution in [0.3, 0.4) is 0 Å². The second-order valence-corrected chi connectivity index (χ2v) is 8.37. The van der Waals surface area contributed by atoms with E-state index in [0.717, 1.165) is 41.5 Å². The number of benzene rings is 2. The van der Waals surface area contributed by atoms with Crippen molar-refractivity contribution >= 4 is 45.4 Å². The first kappa shape index (κ1) is 18.1. The summed E-state index contributed by atoms with van der Waals surface area (Å²) in [7, 11) is 0. The van der Waals surface area contributed by atoms with Crippen molar-refractivity contribution < 1.29 is 4.79 Å². The van der Waals surface area contributed by atoms with E-state index >= 15 is 0 Å². The zero-order valence-corrected chi connectivity index (χ0v) is 16.9. The highest BCUT2D eigenvalue weighted by atomic mass is 32.2. The Morgan fingerprint density at radius 1 is 1.17 bits per heavy atom. The molecule has 1 atom stereocenters. The van der Waals surface area contributed by atoms with E-state index < -0.39 is 0 Å². The quantitative estimate of drug-likeness (QED) is 0.513. The normalized spacial score (nSPS) is 14.9. The number of amides is 1. The molecule has 0 bridgehead atoms. The molecule has 0 spiro atoms. The molecule has 3 heterocycles. The van der Waals surface area contributed by atoms with Gasteiger partial charge in [0.2, 0.25) is 11.1 Å². The van der Waals surface area contributed by atoms with Gasteiger partial charge in [-0.25, -0.2) is 4.98 Å². The van der Waals surface area contributed by atoms with Gasteiger partial charge in [0.05, 0.1) is 5.25 Å². The molecule has 0 radical (unpaired) electrons. The number of aromatic nitrogens is 4. The fourth-order valence-electron chi connectivity index (χ4n) is 3.93. The molecule has 0 fully saturated rings. The lowest BCUT2D eigenvalue weighted by atomic mass is 10.0. The summed E-state index contributed by atoms with van der Waals surface area (Å²) in [5.41, 5.74) is 4.72. The van der Waals surface area contributed by atoms with Crippen LogP contribution in [0.1, 0.15) is 25.3 Å². The Morgan fingerprint density at radius 2 is 2.00 bits per heavy atom. The van der Waals surface area contributed by atoms with Gasteiger partial charge in [0.25, 0.3) is 0 Å². The van der Waals surface area contributed by atoms with Crippen LogP contribution in [0.5, 0.6) is 0 Å². The van der Waals surface area contributed by atoms with Gasteiger partial charge in [-0.2, -0.15) is 0 Å². The Labute approximate surface area is 172 Å². The molecule has 0 aliphatic carbocycles. The number of nitrogens with zero attached hydrogens (tertiary/aromatic N) is 4. The topological polar surface area (TPSA) is 74.8 Å². The first-order valence-electron chi connectivity index (χ1n) is 9.91. The molecule has 1 unspecified atom stereocenters. The Morgan fingerprint density at radius 3 is 2.90 bits per heavy atom. The van der Waals surface area contributed by atoms with Crippen LogP contribution in [0.4, 0.5) is 5.69 Å². The minimum Gasteiger partial charge on any atom is -0.338 e. The van der Waals surface area contributed by atoms with Gasteiger partial charge in [-0.05, 0) is 37.0 Å². The summed E-state index contributed by atoms with van der Waals surface area (Å²) < 4.78 is 0. The van der Waals surface area contributed by atoms with Gasteiger partial charge in [0.1, 0.15) is 5.52 Å². The maximum atomic E-state index is 13.3. The van der Waals surface area contributed by atoms with E-state index in [1.807, 2.05) is 54.3 Å². The average Bonchev–Trinajstić information content (AvgIpc) is 3.14. The lowest BCUT2D eigenvalue weighted by Gasteiger charge is -2.31. The van der Waals surface area contributed by atoms with Crippen molar-refractivity contribution in [2.75, 3.05) is 11.4 Å². The number of carbonyl (C=O) groups excluding carboxylic acids is 1. The summed E-state index contributed by atoms with van der Waals surface area (Å²) in [5.74, 6) is 0.116. The second kappa shape index (κ2) is 7.48. The molecule has 1 amide bonds. The predicted molar refractivity (Wildman–Crippen MR) is 116 cm³/mol. The molecule has 1 N–H and O–H groups in total. The standard InChI is InChI=1S/C22H21N5OS/c1-2-18(21(28)27-13-7-9-14-8-3-6-12-17(14)27)29-22-24-20-19(25-26-22)15-10-4-5-11-16(15)23-20/h3-6,8,10-12,18H,2,7,9,13H2,1H3,(H,23,24,26).